The number of aromatic hydroxyl groups is 1. The molecule has 0 spiro atoms. The number of fused-ring (bicyclic) bond motifs is 1. The third-order valence-corrected chi connectivity index (χ3v) is 5.90. The Kier molecular flexibility index (Phi) is 6.41. The van der Waals surface area contributed by atoms with Crippen molar-refractivity contribution in [2.75, 3.05) is 20.2 Å². The molecule has 1 saturated heterocycles. The first-order valence-corrected chi connectivity index (χ1v) is 10.7. The molecule has 3 aromatic rings. The quantitative estimate of drug-likeness (QED) is 0.569. The third-order valence-electron chi connectivity index (χ3n) is 5.90. The highest BCUT2D eigenvalue weighted by molar-refractivity contribution is 5.79. The second-order valence-corrected chi connectivity index (χ2v) is 8.10. The maximum atomic E-state index is 12.9. The zero-order valence-corrected chi connectivity index (χ0v) is 17.9. The lowest BCUT2D eigenvalue weighted by atomic mass is 9.92. The molecule has 8 heteroatoms. The highest BCUT2D eigenvalue weighted by Gasteiger charge is 2.29. The van der Waals surface area contributed by atoms with Crippen LogP contribution in [-0.4, -0.2) is 41.2 Å². The molecular weight excluding hydrogens is 412 g/mol. The van der Waals surface area contributed by atoms with Crippen LogP contribution in [0.2, 0.25) is 0 Å². The molecule has 32 heavy (non-hydrogen) atoms. The fourth-order valence-electron chi connectivity index (χ4n) is 4.22. The summed E-state index contributed by atoms with van der Waals surface area (Å²) in [4.78, 5) is 42.6. The van der Waals surface area contributed by atoms with Gasteiger partial charge in [0.15, 0.2) is 5.76 Å². The van der Waals surface area contributed by atoms with Crippen molar-refractivity contribution in [3.63, 3.8) is 0 Å². The van der Waals surface area contributed by atoms with E-state index in [2.05, 4.69) is 9.88 Å². The molecule has 0 amide bonds. The number of aromatic amines is 1. The molecule has 8 nitrogen and oxygen atoms in total. The predicted molar refractivity (Wildman–Crippen MR) is 119 cm³/mol. The van der Waals surface area contributed by atoms with E-state index in [0.29, 0.717) is 17.8 Å². The van der Waals surface area contributed by atoms with Gasteiger partial charge >= 0.3 is 5.97 Å². The van der Waals surface area contributed by atoms with Crippen molar-refractivity contribution in [3.05, 3.63) is 74.1 Å². The van der Waals surface area contributed by atoms with E-state index in [0.717, 1.165) is 31.3 Å². The fraction of sp³-hybridized carbons (Fsp3) is 0.375. The van der Waals surface area contributed by atoms with E-state index in [1.54, 1.807) is 18.2 Å². The molecule has 0 aliphatic carbocycles. The van der Waals surface area contributed by atoms with Crippen molar-refractivity contribution >= 4 is 16.9 Å². The fourth-order valence-corrected chi connectivity index (χ4v) is 4.22. The van der Waals surface area contributed by atoms with E-state index >= 15 is 0 Å². The summed E-state index contributed by atoms with van der Waals surface area (Å²) in [6.07, 6.45) is 3.06. The topological polar surface area (TPSA) is 113 Å². The number of hydrogen-bond donors (Lipinski definition) is 2. The summed E-state index contributed by atoms with van der Waals surface area (Å²) in [5.74, 6) is -1.89. The maximum absolute atomic E-state index is 12.9. The van der Waals surface area contributed by atoms with Gasteiger partial charge < -0.3 is 19.2 Å². The Hall–Kier alpha value is -3.39. The standard InChI is InChI=1S/C24H26N2O6/c1-31-21(28)13-17(18-11-15-7-3-4-8-19(15)25-24(18)30)23-22(29)20(27)12-16(32-23)14-26-9-5-2-6-10-26/h3-4,7-8,11-12,17,29H,2,5-6,9-10,13-14H2,1H3,(H,25,30)/t17-/m1/s1. The minimum atomic E-state index is -0.982. The first kappa shape index (κ1) is 21.8. The van der Waals surface area contributed by atoms with Gasteiger partial charge in [0.2, 0.25) is 11.2 Å². The summed E-state index contributed by atoms with van der Waals surface area (Å²) in [6, 6.07) is 10.2. The molecule has 0 saturated carbocycles. The lowest BCUT2D eigenvalue weighted by Crippen LogP contribution is -2.29. The Morgan fingerprint density at radius 3 is 2.69 bits per heavy atom. The Balaban J connectivity index is 1.81. The van der Waals surface area contributed by atoms with Crippen LogP contribution < -0.4 is 11.0 Å². The molecule has 3 heterocycles. The number of likely N-dealkylation sites (tertiary alicyclic amines) is 1. The van der Waals surface area contributed by atoms with Crippen molar-refractivity contribution in [1.82, 2.24) is 9.88 Å². The number of benzene rings is 1. The number of methoxy groups -OCH3 is 1. The average Bonchev–Trinajstić information content (AvgIpc) is 2.80. The summed E-state index contributed by atoms with van der Waals surface area (Å²) < 4.78 is 10.8. The molecule has 4 rings (SSSR count). The predicted octanol–water partition coefficient (Wildman–Crippen LogP) is 2.87. The lowest BCUT2D eigenvalue weighted by molar-refractivity contribution is -0.140. The van der Waals surface area contributed by atoms with Crippen LogP contribution in [0.1, 0.15) is 48.7 Å². The van der Waals surface area contributed by atoms with Crippen LogP contribution in [0.15, 0.2) is 50.4 Å². The van der Waals surface area contributed by atoms with E-state index in [9.17, 15) is 19.5 Å². The Labute approximate surface area is 184 Å². The number of nitrogens with zero attached hydrogens (tertiary/aromatic N) is 1. The van der Waals surface area contributed by atoms with E-state index in [1.807, 2.05) is 12.1 Å². The Morgan fingerprint density at radius 2 is 1.94 bits per heavy atom. The number of rotatable bonds is 6. The van der Waals surface area contributed by atoms with Gasteiger partial charge in [-0.2, -0.15) is 0 Å². The van der Waals surface area contributed by atoms with E-state index in [-0.39, 0.29) is 17.7 Å². The molecule has 1 fully saturated rings. The Morgan fingerprint density at radius 1 is 1.19 bits per heavy atom. The highest BCUT2D eigenvalue weighted by Crippen LogP contribution is 2.33. The highest BCUT2D eigenvalue weighted by atomic mass is 16.5. The molecule has 168 valence electrons. The van der Waals surface area contributed by atoms with Gasteiger partial charge in [-0.1, -0.05) is 24.6 Å². The van der Waals surface area contributed by atoms with Gasteiger partial charge in [0, 0.05) is 17.1 Å². The number of carbonyl (C=O) groups is 1. The summed E-state index contributed by atoms with van der Waals surface area (Å²) in [7, 11) is 1.24. The van der Waals surface area contributed by atoms with Gasteiger partial charge in [0.25, 0.3) is 5.56 Å². The van der Waals surface area contributed by atoms with Crippen LogP contribution in [0.4, 0.5) is 0 Å². The molecule has 0 bridgehead atoms. The van der Waals surface area contributed by atoms with Crippen molar-refractivity contribution in [2.24, 2.45) is 0 Å². The van der Waals surface area contributed by atoms with E-state index in [4.69, 9.17) is 9.15 Å². The number of nitrogens with one attached hydrogen (secondary N) is 1. The zero-order valence-electron chi connectivity index (χ0n) is 17.9. The van der Waals surface area contributed by atoms with Gasteiger partial charge in [-0.15, -0.1) is 0 Å². The number of carbonyl (C=O) groups excluding carboxylic acids is 1. The minimum absolute atomic E-state index is 0.101. The number of para-hydroxylation sites is 1. The number of H-pyrrole nitrogens is 1. The molecular formula is C24H26N2O6. The van der Waals surface area contributed by atoms with Crippen LogP contribution in [0.3, 0.4) is 0 Å². The average molecular weight is 438 g/mol. The molecule has 1 aliphatic rings. The van der Waals surface area contributed by atoms with Crippen LogP contribution in [0.25, 0.3) is 10.9 Å². The largest absolute Gasteiger partial charge is 0.502 e. The van der Waals surface area contributed by atoms with Crippen molar-refractivity contribution in [1.29, 1.82) is 0 Å². The van der Waals surface area contributed by atoms with Gasteiger partial charge in [-0.25, -0.2) is 0 Å². The van der Waals surface area contributed by atoms with E-state index in [1.165, 1.54) is 19.6 Å². The molecule has 0 unspecified atom stereocenters. The molecule has 2 N–H and O–H groups in total. The third kappa shape index (κ3) is 4.60. The molecule has 1 aliphatic heterocycles. The zero-order chi connectivity index (χ0) is 22.7. The second-order valence-electron chi connectivity index (χ2n) is 8.10. The number of ether oxygens (including phenoxy) is 1. The summed E-state index contributed by atoms with van der Waals surface area (Å²) in [6.45, 7) is 2.22. The van der Waals surface area contributed by atoms with Crippen LogP contribution >= 0.6 is 0 Å². The number of hydrogen-bond acceptors (Lipinski definition) is 7. The SMILES string of the molecule is COC(=O)C[C@@H](c1oc(CN2CCCCC2)cc(=O)c1O)c1cc2ccccc2[nH]c1=O. The lowest BCUT2D eigenvalue weighted by Gasteiger charge is -2.26. The van der Waals surface area contributed by atoms with Crippen LogP contribution in [0, 0.1) is 0 Å². The second kappa shape index (κ2) is 9.40. The number of pyridine rings is 1. The number of piperidine rings is 1. The maximum Gasteiger partial charge on any atom is 0.306 e. The summed E-state index contributed by atoms with van der Waals surface area (Å²) in [5.41, 5.74) is -0.184. The monoisotopic (exact) mass is 438 g/mol. The van der Waals surface area contributed by atoms with Crippen LogP contribution in [-0.2, 0) is 16.1 Å². The van der Waals surface area contributed by atoms with Crippen LogP contribution in [0.5, 0.6) is 5.75 Å². The molecule has 1 aromatic carbocycles. The van der Waals surface area contributed by atoms with Gasteiger partial charge in [-0.05, 0) is 43.5 Å². The van der Waals surface area contributed by atoms with Crippen molar-refractivity contribution < 1.29 is 19.1 Å². The molecule has 0 radical (unpaired) electrons. The first-order chi connectivity index (χ1) is 15.5. The molecule has 1 atom stereocenters. The van der Waals surface area contributed by atoms with Gasteiger partial charge in [-0.3, -0.25) is 19.3 Å². The number of esters is 1. The summed E-state index contributed by atoms with van der Waals surface area (Å²) >= 11 is 0. The van der Waals surface area contributed by atoms with Gasteiger partial charge in [0.1, 0.15) is 5.76 Å². The molecule has 2 aromatic heterocycles. The smallest absolute Gasteiger partial charge is 0.306 e. The number of aromatic nitrogens is 1. The summed E-state index contributed by atoms with van der Waals surface area (Å²) in [5, 5.41) is 11.3. The normalized spacial score (nSPS) is 15.5. The Bertz CT molecular complexity index is 1240. The van der Waals surface area contributed by atoms with Crippen molar-refractivity contribution in [3.8, 4) is 5.75 Å². The van der Waals surface area contributed by atoms with Crippen molar-refractivity contribution in [2.45, 2.75) is 38.1 Å². The minimum Gasteiger partial charge on any atom is -0.502 e. The van der Waals surface area contributed by atoms with Gasteiger partial charge in [0.05, 0.1) is 26.0 Å². The first-order valence-electron chi connectivity index (χ1n) is 10.7. The van der Waals surface area contributed by atoms with E-state index < -0.39 is 28.6 Å².